The summed E-state index contributed by atoms with van der Waals surface area (Å²) in [6.45, 7) is 6.29. The maximum absolute atomic E-state index is 12.6. The zero-order valence-electron chi connectivity index (χ0n) is 13.4. The van der Waals surface area contributed by atoms with Gasteiger partial charge in [-0.3, -0.25) is 9.59 Å². The van der Waals surface area contributed by atoms with Crippen LogP contribution in [0.15, 0.2) is 23.0 Å². The normalized spacial score (nSPS) is 25.0. The first kappa shape index (κ1) is 15.3. The Balaban J connectivity index is 1.79. The van der Waals surface area contributed by atoms with Gasteiger partial charge in [0.05, 0.1) is 6.04 Å². The number of carbonyl (C=O) groups excluding carboxylic acids is 1. The lowest BCUT2D eigenvalue weighted by molar-refractivity contribution is -0.135. The third kappa shape index (κ3) is 2.82. The Morgan fingerprint density at radius 2 is 2.09 bits per heavy atom. The highest BCUT2D eigenvalue weighted by Gasteiger charge is 2.37. The van der Waals surface area contributed by atoms with Crippen molar-refractivity contribution in [3.8, 4) is 0 Å². The molecule has 3 atom stereocenters. The van der Waals surface area contributed by atoms with Crippen LogP contribution in [0.2, 0.25) is 0 Å². The van der Waals surface area contributed by atoms with Crippen LogP contribution in [0.3, 0.4) is 0 Å². The molecule has 1 aromatic rings. The van der Waals surface area contributed by atoms with Gasteiger partial charge in [0.2, 0.25) is 5.91 Å². The average molecular weight is 303 g/mol. The lowest BCUT2D eigenvalue weighted by Gasteiger charge is -2.43. The summed E-state index contributed by atoms with van der Waals surface area (Å²) >= 11 is 0. The fourth-order valence-electron chi connectivity index (χ4n) is 3.92. The third-order valence-electron chi connectivity index (χ3n) is 4.83. The van der Waals surface area contributed by atoms with E-state index in [2.05, 4.69) is 13.8 Å². The van der Waals surface area contributed by atoms with Crippen LogP contribution in [-0.2, 0) is 11.3 Å². The number of rotatable bonds is 3. The fourth-order valence-corrected chi connectivity index (χ4v) is 3.92. The number of carbonyl (C=O) groups is 1. The highest BCUT2D eigenvalue weighted by atomic mass is 16.2. The Labute approximate surface area is 131 Å². The third-order valence-corrected chi connectivity index (χ3v) is 4.83. The molecule has 0 spiro atoms. The van der Waals surface area contributed by atoms with Gasteiger partial charge in [0.1, 0.15) is 0 Å². The van der Waals surface area contributed by atoms with Crippen LogP contribution in [0.5, 0.6) is 0 Å². The lowest BCUT2D eigenvalue weighted by Crippen LogP contribution is -2.53. The maximum Gasteiger partial charge on any atom is 0.250 e. The standard InChI is InChI=1S/C17H25N3O2/c1-11(2)6-14(18)17(22)19-8-12-7-13(10-19)15-4-3-5-16(21)20(15)9-12/h3-5,11-14H,6-10,18H2,1-2H3/t12-,13-,14+/m1/s1. The van der Waals surface area contributed by atoms with Gasteiger partial charge in [-0.1, -0.05) is 19.9 Å². The summed E-state index contributed by atoms with van der Waals surface area (Å²) in [7, 11) is 0. The van der Waals surface area contributed by atoms with Gasteiger partial charge in [-0.15, -0.1) is 0 Å². The second-order valence-corrected chi connectivity index (χ2v) is 7.18. The molecule has 2 bridgehead atoms. The van der Waals surface area contributed by atoms with E-state index >= 15 is 0 Å². The van der Waals surface area contributed by atoms with Gasteiger partial charge in [0, 0.05) is 37.3 Å². The molecule has 0 saturated carbocycles. The van der Waals surface area contributed by atoms with E-state index in [9.17, 15) is 9.59 Å². The monoisotopic (exact) mass is 303 g/mol. The summed E-state index contributed by atoms with van der Waals surface area (Å²) in [6, 6.07) is 5.05. The molecule has 1 saturated heterocycles. The Kier molecular flexibility index (Phi) is 4.08. The van der Waals surface area contributed by atoms with E-state index in [-0.39, 0.29) is 17.4 Å². The molecule has 0 aromatic carbocycles. The molecule has 0 unspecified atom stereocenters. The summed E-state index contributed by atoms with van der Waals surface area (Å²) in [4.78, 5) is 26.5. The maximum atomic E-state index is 12.6. The molecular weight excluding hydrogens is 278 g/mol. The summed E-state index contributed by atoms with van der Waals surface area (Å²) in [5.74, 6) is 1.11. The lowest BCUT2D eigenvalue weighted by atomic mass is 9.83. The number of likely N-dealkylation sites (tertiary alicyclic amines) is 1. The molecule has 1 aromatic heterocycles. The minimum absolute atomic E-state index is 0.0649. The summed E-state index contributed by atoms with van der Waals surface area (Å²) in [5, 5.41) is 0. The van der Waals surface area contributed by atoms with E-state index in [1.807, 2.05) is 21.6 Å². The van der Waals surface area contributed by atoms with Gasteiger partial charge in [-0.05, 0) is 30.7 Å². The van der Waals surface area contributed by atoms with Crippen molar-refractivity contribution in [1.82, 2.24) is 9.47 Å². The molecule has 0 radical (unpaired) electrons. The molecule has 5 heteroatoms. The number of pyridine rings is 1. The predicted octanol–water partition coefficient (Wildman–Crippen LogP) is 1.17. The average Bonchev–Trinajstić information content (AvgIpc) is 2.46. The van der Waals surface area contributed by atoms with Crippen molar-refractivity contribution in [3.63, 3.8) is 0 Å². The highest BCUT2D eigenvalue weighted by molar-refractivity contribution is 5.81. The first-order chi connectivity index (χ1) is 10.5. The van der Waals surface area contributed by atoms with Gasteiger partial charge in [-0.25, -0.2) is 0 Å². The Morgan fingerprint density at radius 1 is 1.32 bits per heavy atom. The van der Waals surface area contributed by atoms with Gasteiger partial charge in [0.25, 0.3) is 5.56 Å². The molecular formula is C17H25N3O2. The van der Waals surface area contributed by atoms with Gasteiger partial charge in [-0.2, -0.15) is 0 Å². The summed E-state index contributed by atoms with van der Waals surface area (Å²) < 4.78 is 1.88. The van der Waals surface area contributed by atoms with Crippen LogP contribution < -0.4 is 11.3 Å². The molecule has 2 aliphatic heterocycles. The van der Waals surface area contributed by atoms with Crippen LogP contribution in [-0.4, -0.2) is 34.5 Å². The molecule has 2 N–H and O–H groups in total. The number of hydrogen-bond donors (Lipinski definition) is 1. The number of piperidine rings is 1. The fraction of sp³-hybridized carbons (Fsp3) is 0.647. The molecule has 1 fully saturated rings. The molecule has 22 heavy (non-hydrogen) atoms. The van der Waals surface area contributed by atoms with E-state index in [1.165, 1.54) is 0 Å². The van der Waals surface area contributed by atoms with Crippen molar-refractivity contribution in [2.24, 2.45) is 17.6 Å². The number of hydrogen-bond acceptors (Lipinski definition) is 3. The first-order valence-corrected chi connectivity index (χ1v) is 8.19. The van der Waals surface area contributed by atoms with Crippen molar-refractivity contribution in [1.29, 1.82) is 0 Å². The molecule has 2 aliphatic rings. The van der Waals surface area contributed by atoms with Crippen molar-refractivity contribution in [2.75, 3.05) is 13.1 Å². The molecule has 3 heterocycles. The van der Waals surface area contributed by atoms with E-state index in [1.54, 1.807) is 6.07 Å². The minimum atomic E-state index is -0.406. The summed E-state index contributed by atoms with van der Waals surface area (Å²) in [5.41, 5.74) is 7.21. The van der Waals surface area contributed by atoms with Crippen LogP contribution in [0.1, 0.15) is 38.3 Å². The molecule has 1 amide bonds. The van der Waals surface area contributed by atoms with Crippen LogP contribution in [0.4, 0.5) is 0 Å². The zero-order chi connectivity index (χ0) is 15.9. The van der Waals surface area contributed by atoms with Gasteiger partial charge in [0.15, 0.2) is 0 Å². The quantitative estimate of drug-likeness (QED) is 0.911. The Morgan fingerprint density at radius 3 is 2.82 bits per heavy atom. The second kappa shape index (κ2) is 5.88. The Bertz CT molecular complexity index is 623. The van der Waals surface area contributed by atoms with Crippen molar-refractivity contribution in [2.45, 2.75) is 45.2 Å². The molecule has 5 nitrogen and oxygen atoms in total. The number of nitrogens with zero attached hydrogens (tertiary/aromatic N) is 2. The van der Waals surface area contributed by atoms with Gasteiger partial charge < -0.3 is 15.2 Å². The number of aromatic nitrogens is 1. The van der Waals surface area contributed by atoms with Crippen molar-refractivity contribution in [3.05, 3.63) is 34.2 Å². The van der Waals surface area contributed by atoms with Crippen molar-refractivity contribution >= 4 is 5.91 Å². The largest absolute Gasteiger partial charge is 0.340 e. The van der Waals surface area contributed by atoms with E-state index in [4.69, 9.17) is 5.73 Å². The van der Waals surface area contributed by atoms with Crippen LogP contribution in [0.25, 0.3) is 0 Å². The first-order valence-electron chi connectivity index (χ1n) is 8.19. The predicted molar refractivity (Wildman–Crippen MR) is 85.6 cm³/mol. The van der Waals surface area contributed by atoms with E-state index < -0.39 is 6.04 Å². The minimum Gasteiger partial charge on any atom is -0.340 e. The van der Waals surface area contributed by atoms with Crippen LogP contribution >= 0.6 is 0 Å². The van der Waals surface area contributed by atoms with E-state index in [0.29, 0.717) is 24.9 Å². The van der Waals surface area contributed by atoms with Crippen LogP contribution in [0, 0.1) is 11.8 Å². The molecule has 120 valence electrons. The molecule has 3 rings (SSSR count). The smallest absolute Gasteiger partial charge is 0.250 e. The highest BCUT2D eigenvalue weighted by Crippen LogP contribution is 2.35. The van der Waals surface area contributed by atoms with Crippen molar-refractivity contribution < 1.29 is 4.79 Å². The zero-order valence-corrected chi connectivity index (χ0v) is 13.4. The number of nitrogens with two attached hydrogens (primary N) is 1. The summed E-state index contributed by atoms with van der Waals surface area (Å²) in [6.07, 6.45) is 1.79. The second-order valence-electron chi connectivity index (χ2n) is 7.18. The SMILES string of the molecule is CC(C)C[C@H](N)C(=O)N1C[C@H]2C[C@H](C1)c1cccc(=O)n1C2. The van der Waals surface area contributed by atoms with E-state index in [0.717, 1.165) is 25.1 Å². The number of amides is 1. The topological polar surface area (TPSA) is 68.3 Å². The Hall–Kier alpha value is -1.62. The number of fused-ring (bicyclic) bond motifs is 4. The molecule has 0 aliphatic carbocycles. The van der Waals surface area contributed by atoms with Gasteiger partial charge >= 0.3 is 0 Å².